The van der Waals surface area contributed by atoms with Gasteiger partial charge in [0.05, 0.1) is 42.4 Å². The monoisotopic (exact) mass is 705 g/mol. The number of rotatable bonds is 14. The van der Waals surface area contributed by atoms with Crippen LogP contribution in [0.3, 0.4) is 0 Å². The van der Waals surface area contributed by atoms with Gasteiger partial charge in [0.15, 0.2) is 6.29 Å². The van der Waals surface area contributed by atoms with Crippen LogP contribution in [0.25, 0.3) is 11.0 Å². The van der Waals surface area contributed by atoms with E-state index in [-0.39, 0.29) is 55.3 Å². The smallest absolute Gasteiger partial charge is 0.407 e. The number of carbonyl (C=O) groups excluding carboxylic acids is 2. The highest BCUT2D eigenvalue weighted by atomic mass is 32.2. The van der Waals surface area contributed by atoms with Crippen molar-refractivity contribution < 1.29 is 41.7 Å². The van der Waals surface area contributed by atoms with Crippen LogP contribution in [-0.2, 0) is 37.2 Å². The quantitative estimate of drug-likeness (QED) is 0.172. The van der Waals surface area contributed by atoms with Crippen molar-refractivity contribution >= 4 is 33.0 Å². The molecule has 2 amide bonds. The van der Waals surface area contributed by atoms with Gasteiger partial charge in [-0.2, -0.15) is 4.31 Å². The molecular formula is C37H43N3O9S. The topological polar surface area (TPSA) is 157 Å². The normalized spacial score (nSPS) is 20.1. The largest absolute Gasteiger partial charge is 0.464 e. The second-order valence-corrected chi connectivity index (χ2v) is 15.1. The number of ether oxygens (including phenoxy) is 3. The number of hydrogen-bond donors (Lipinski definition) is 3. The Morgan fingerprint density at radius 2 is 1.74 bits per heavy atom. The molecule has 5 unspecified atom stereocenters. The van der Waals surface area contributed by atoms with E-state index in [2.05, 4.69) is 10.6 Å². The first-order valence-corrected chi connectivity index (χ1v) is 18.3. The fraction of sp³-hybridized carbons (Fsp3) is 0.405. The lowest BCUT2D eigenvalue weighted by molar-refractivity contribution is -0.0907. The molecule has 50 heavy (non-hydrogen) atoms. The first kappa shape index (κ1) is 35.6. The van der Waals surface area contributed by atoms with Crippen molar-refractivity contribution in [2.24, 2.45) is 11.8 Å². The number of nitrogens with one attached hydrogen (secondary N) is 2. The van der Waals surface area contributed by atoms with Crippen LogP contribution in [0.1, 0.15) is 41.8 Å². The molecule has 4 aromatic rings. The molecule has 0 spiro atoms. The van der Waals surface area contributed by atoms with Crippen LogP contribution in [0.2, 0.25) is 0 Å². The minimum Gasteiger partial charge on any atom is -0.464 e. The average molecular weight is 706 g/mol. The van der Waals surface area contributed by atoms with Gasteiger partial charge in [0.2, 0.25) is 10.0 Å². The lowest BCUT2D eigenvalue weighted by Gasteiger charge is -2.31. The van der Waals surface area contributed by atoms with Crippen LogP contribution in [0.5, 0.6) is 0 Å². The van der Waals surface area contributed by atoms with Gasteiger partial charge in [0.1, 0.15) is 11.7 Å². The van der Waals surface area contributed by atoms with E-state index >= 15 is 0 Å². The summed E-state index contributed by atoms with van der Waals surface area (Å²) in [5.74, 6) is -0.400. The van der Waals surface area contributed by atoms with Crippen molar-refractivity contribution in [3.63, 3.8) is 0 Å². The summed E-state index contributed by atoms with van der Waals surface area (Å²) in [6.07, 6.45) is -0.430. The van der Waals surface area contributed by atoms with E-state index in [0.717, 1.165) is 12.0 Å². The minimum atomic E-state index is -4.14. The zero-order valence-electron chi connectivity index (χ0n) is 28.1. The lowest BCUT2D eigenvalue weighted by Crippen LogP contribution is -2.51. The number of alkyl carbamates (subject to hydrolysis) is 1. The van der Waals surface area contributed by atoms with Gasteiger partial charge in [-0.05, 0) is 54.7 Å². The second kappa shape index (κ2) is 15.7. The van der Waals surface area contributed by atoms with Gasteiger partial charge in [0, 0.05) is 36.1 Å². The van der Waals surface area contributed by atoms with Gasteiger partial charge in [-0.15, -0.1) is 0 Å². The Labute approximate surface area is 291 Å². The number of benzene rings is 3. The van der Waals surface area contributed by atoms with Crippen LogP contribution in [0, 0.1) is 11.8 Å². The van der Waals surface area contributed by atoms with Gasteiger partial charge < -0.3 is 34.4 Å². The first-order valence-electron chi connectivity index (χ1n) is 16.8. The number of aliphatic hydroxyl groups is 1. The van der Waals surface area contributed by atoms with Crippen LogP contribution >= 0.6 is 0 Å². The molecule has 3 heterocycles. The molecule has 0 aliphatic carbocycles. The predicted molar refractivity (Wildman–Crippen MR) is 185 cm³/mol. The number of sulfonamides is 1. The molecule has 266 valence electrons. The van der Waals surface area contributed by atoms with E-state index in [1.54, 1.807) is 30.3 Å². The van der Waals surface area contributed by atoms with Gasteiger partial charge in [-0.25, -0.2) is 13.2 Å². The summed E-state index contributed by atoms with van der Waals surface area (Å²) in [6, 6.07) is 21.8. The second-order valence-electron chi connectivity index (χ2n) is 13.2. The number of furan rings is 1. The maximum Gasteiger partial charge on any atom is 0.407 e. The number of aliphatic hydroxyl groups excluding tert-OH is 1. The fourth-order valence-corrected chi connectivity index (χ4v) is 8.06. The summed E-state index contributed by atoms with van der Waals surface area (Å²) in [6.45, 7) is 4.50. The Kier molecular flexibility index (Phi) is 11.2. The summed E-state index contributed by atoms with van der Waals surface area (Å²) >= 11 is 0. The maximum absolute atomic E-state index is 14.2. The van der Waals surface area contributed by atoms with E-state index in [9.17, 15) is 23.1 Å². The Bertz CT molecular complexity index is 1870. The third kappa shape index (κ3) is 8.36. The van der Waals surface area contributed by atoms with E-state index in [0.29, 0.717) is 28.7 Å². The molecule has 1 aromatic heterocycles. The molecule has 3 aromatic carbocycles. The summed E-state index contributed by atoms with van der Waals surface area (Å²) in [7, 11) is -4.14. The van der Waals surface area contributed by atoms with Crippen molar-refractivity contribution in [1.29, 1.82) is 0 Å². The molecule has 2 saturated heterocycles. The minimum absolute atomic E-state index is 0.0106. The highest BCUT2D eigenvalue weighted by Gasteiger charge is 2.44. The van der Waals surface area contributed by atoms with Gasteiger partial charge in [-0.1, -0.05) is 62.4 Å². The van der Waals surface area contributed by atoms with Crippen LogP contribution < -0.4 is 10.6 Å². The number of nitrogens with zero attached hydrogens (tertiary/aromatic N) is 1. The average Bonchev–Trinajstić information content (AvgIpc) is 3.84. The van der Waals surface area contributed by atoms with Crippen LogP contribution in [-0.4, -0.2) is 80.7 Å². The van der Waals surface area contributed by atoms with Gasteiger partial charge in [-0.3, -0.25) is 4.79 Å². The third-order valence-electron chi connectivity index (χ3n) is 9.01. The molecule has 2 aliphatic rings. The summed E-state index contributed by atoms with van der Waals surface area (Å²) < 4.78 is 52.3. The van der Waals surface area contributed by atoms with Crippen LogP contribution in [0.4, 0.5) is 4.79 Å². The third-order valence-corrected chi connectivity index (χ3v) is 10.8. The summed E-state index contributed by atoms with van der Waals surface area (Å²) in [5.41, 5.74) is 2.44. The number of hydrogen-bond acceptors (Lipinski definition) is 9. The zero-order valence-corrected chi connectivity index (χ0v) is 28.9. The van der Waals surface area contributed by atoms with E-state index < -0.39 is 40.7 Å². The fourth-order valence-electron chi connectivity index (χ4n) is 6.41. The van der Waals surface area contributed by atoms with Gasteiger partial charge in [0.25, 0.3) is 5.91 Å². The predicted octanol–water partition coefficient (Wildman–Crippen LogP) is 4.47. The Balaban J connectivity index is 1.20. The Morgan fingerprint density at radius 1 is 1.00 bits per heavy atom. The summed E-state index contributed by atoms with van der Waals surface area (Å²) in [4.78, 5) is 25.8. The van der Waals surface area contributed by atoms with E-state index in [4.69, 9.17) is 18.6 Å². The Morgan fingerprint density at radius 3 is 2.48 bits per heavy atom. The summed E-state index contributed by atoms with van der Waals surface area (Å²) in [5, 5.41) is 17.9. The van der Waals surface area contributed by atoms with E-state index in [1.807, 2.05) is 50.2 Å². The van der Waals surface area contributed by atoms with Gasteiger partial charge >= 0.3 is 6.09 Å². The molecular weight excluding hydrogens is 662 g/mol. The highest BCUT2D eigenvalue weighted by Crippen LogP contribution is 2.33. The SMILES string of the molecule is CC(C)CN(CC(O)C(Cc1ccccc1)NC(=O)OC1COC2OCCC12)S(=O)(=O)c1ccc2occ(CNC(=O)c3ccccc3)c2c1. The van der Waals surface area contributed by atoms with Crippen LogP contribution in [0.15, 0.2) is 94.4 Å². The Hall–Kier alpha value is -4.27. The molecule has 13 heteroatoms. The van der Waals surface area contributed by atoms with Crippen molar-refractivity contribution in [2.75, 3.05) is 26.3 Å². The molecule has 5 atom stereocenters. The molecule has 2 aliphatic heterocycles. The number of amides is 2. The molecule has 6 rings (SSSR count). The van der Waals surface area contributed by atoms with Crippen molar-refractivity contribution in [1.82, 2.24) is 14.9 Å². The number of carbonyl (C=O) groups is 2. The lowest BCUT2D eigenvalue weighted by atomic mass is 10.0. The van der Waals surface area contributed by atoms with Crippen molar-refractivity contribution in [2.45, 2.75) is 62.7 Å². The standard InChI is InChI=1S/C37H43N3O9S/c1-24(2)20-40(50(44,45)28-13-14-33-30(18-28)27(22-47-33)19-38-35(42)26-11-7-4-8-12-26)21-32(41)31(17-25-9-5-3-6-10-25)39-37(43)49-34-23-48-36-29(34)15-16-46-36/h3-14,18,22,24,29,31-32,34,36,41H,15-17,19-21,23H2,1-2H3,(H,38,42)(H,39,43). The first-order chi connectivity index (χ1) is 24.1. The van der Waals surface area contributed by atoms with E-state index in [1.165, 1.54) is 22.7 Å². The maximum atomic E-state index is 14.2. The number of fused-ring (bicyclic) bond motifs is 2. The van der Waals surface area contributed by atoms with Crippen molar-refractivity contribution in [3.8, 4) is 0 Å². The highest BCUT2D eigenvalue weighted by molar-refractivity contribution is 7.89. The molecule has 0 bridgehead atoms. The van der Waals surface area contributed by atoms with Crippen molar-refractivity contribution in [3.05, 3.63) is 102 Å². The molecule has 2 fully saturated rings. The molecule has 0 saturated carbocycles. The zero-order chi connectivity index (χ0) is 35.3. The molecule has 3 N–H and O–H groups in total. The molecule has 12 nitrogen and oxygen atoms in total. The molecule has 0 radical (unpaired) electrons.